The number of carbonyl (C=O) groups is 2. The second kappa shape index (κ2) is 5.88. The van der Waals surface area contributed by atoms with E-state index in [-0.39, 0.29) is 17.9 Å². The van der Waals surface area contributed by atoms with Gasteiger partial charge >= 0.3 is 0 Å². The summed E-state index contributed by atoms with van der Waals surface area (Å²) in [6.45, 7) is 5.87. The van der Waals surface area contributed by atoms with Crippen molar-refractivity contribution in [2.45, 2.75) is 25.9 Å². The average Bonchev–Trinajstić information content (AvgIpc) is 2.91. The van der Waals surface area contributed by atoms with Gasteiger partial charge in [0.2, 0.25) is 5.91 Å². The Kier molecular flexibility index (Phi) is 4.21. The van der Waals surface area contributed by atoms with Crippen LogP contribution in [-0.2, 0) is 4.79 Å². The second-order valence-electron chi connectivity index (χ2n) is 4.85. The molecule has 0 aromatic carbocycles. The highest BCUT2D eigenvalue weighted by Crippen LogP contribution is 2.04. The van der Waals surface area contributed by atoms with Crippen molar-refractivity contribution in [3.63, 3.8) is 0 Å². The van der Waals surface area contributed by atoms with Crippen molar-refractivity contribution in [1.82, 2.24) is 15.5 Å². The molecule has 2 atom stereocenters. The molecule has 2 N–H and O–H groups in total. The predicted octanol–water partition coefficient (Wildman–Crippen LogP) is 0.218. The standard InChI is InChI=1S/C13H19N3O3/c1-9-7-16(5-4-14-9)13(18)10(2)15-12(17)11-3-6-19-8-11/h3,6,8-10,14H,4-5,7H2,1-2H3,(H,15,17). The lowest BCUT2D eigenvalue weighted by Crippen LogP contribution is -2.56. The van der Waals surface area contributed by atoms with Gasteiger partial charge in [0.1, 0.15) is 12.3 Å². The quantitative estimate of drug-likeness (QED) is 0.820. The molecule has 1 aromatic rings. The van der Waals surface area contributed by atoms with E-state index >= 15 is 0 Å². The maximum absolute atomic E-state index is 12.2. The summed E-state index contributed by atoms with van der Waals surface area (Å²) in [7, 11) is 0. The Morgan fingerprint density at radius 2 is 2.37 bits per heavy atom. The zero-order valence-corrected chi connectivity index (χ0v) is 11.2. The van der Waals surface area contributed by atoms with Gasteiger partial charge in [-0.15, -0.1) is 0 Å². The van der Waals surface area contributed by atoms with Crippen LogP contribution in [-0.4, -0.2) is 48.4 Å². The molecule has 1 fully saturated rings. The van der Waals surface area contributed by atoms with Gasteiger partial charge in [-0.1, -0.05) is 0 Å². The molecule has 6 heteroatoms. The first-order valence-electron chi connectivity index (χ1n) is 6.43. The van der Waals surface area contributed by atoms with Crippen LogP contribution in [0, 0.1) is 0 Å². The molecule has 6 nitrogen and oxygen atoms in total. The third-order valence-electron chi connectivity index (χ3n) is 3.18. The highest BCUT2D eigenvalue weighted by Gasteiger charge is 2.25. The van der Waals surface area contributed by atoms with Crippen LogP contribution in [0.5, 0.6) is 0 Å². The molecule has 2 rings (SSSR count). The minimum atomic E-state index is -0.535. The number of hydrogen-bond donors (Lipinski definition) is 2. The molecule has 1 saturated heterocycles. The largest absolute Gasteiger partial charge is 0.472 e. The van der Waals surface area contributed by atoms with Crippen molar-refractivity contribution in [3.8, 4) is 0 Å². The number of carbonyl (C=O) groups excluding carboxylic acids is 2. The third kappa shape index (κ3) is 3.35. The topological polar surface area (TPSA) is 74.6 Å². The number of amides is 2. The molecule has 0 saturated carbocycles. The Balaban J connectivity index is 1.90. The molecule has 1 aromatic heterocycles. The summed E-state index contributed by atoms with van der Waals surface area (Å²) in [6, 6.07) is 1.32. The third-order valence-corrected chi connectivity index (χ3v) is 3.18. The molecular weight excluding hydrogens is 246 g/mol. The zero-order valence-electron chi connectivity index (χ0n) is 11.2. The van der Waals surface area contributed by atoms with Gasteiger partial charge in [-0.25, -0.2) is 0 Å². The van der Waals surface area contributed by atoms with E-state index in [4.69, 9.17) is 4.42 Å². The molecule has 104 valence electrons. The summed E-state index contributed by atoms with van der Waals surface area (Å²) in [4.78, 5) is 25.8. The van der Waals surface area contributed by atoms with Crippen molar-refractivity contribution in [2.24, 2.45) is 0 Å². The fraction of sp³-hybridized carbons (Fsp3) is 0.538. The fourth-order valence-corrected chi connectivity index (χ4v) is 2.14. The van der Waals surface area contributed by atoms with E-state index in [2.05, 4.69) is 10.6 Å². The first kappa shape index (κ1) is 13.6. The van der Waals surface area contributed by atoms with Crippen LogP contribution >= 0.6 is 0 Å². The van der Waals surface area contributed by atoms with Crippen LogP contribution in [0.2, 0.25) is 0 Å². The second-order valence-corrected chi connectivity index (χ2v) is 4.85. The maximum Gasteiger partial charge on any atom is 0.255 e. The molecule has 2 amide bonds. The lowest BCUT2D eigenvalue weighted by molar-refractivity contribution is -0.133. The average molecular weight is 265 g/mol. The van der Waals surface area contributed by atoms with Gasteiger partial charge in [0.05, 0.1) is 11.8 Å². The van der Waals surface area contributed by atoms with Crippen LogP contribution in [0.3, 0.4) is 0 Å². The molecule has 0 aliphatic carbocycles. The van der Waals surface area contributed by atoms with Crippen molar-refractivity contribution in [1.29, 1.82) is 0 Å². The van der Waals surface area contributed by atoms with Gasteiger partial charge in [-0.3, -0.25) is 9.59 Å². The summed E-state index contributed by atoms with van der Waals surface area (Å²) >= 11 is 0. The van der Waals surface area contributed by atoms with Gasteiger partial charge in [-0.05, 0) is 19.9 Å². The van der Waals surface area contributed by atoms with Gasteiger partial charge in [0.15, 0.2) is 0 Å². The molecule has 2 unspecified atom stereocenters. The van der Waals surface area contributed by atoms with Crippen molar-refractivity contribution >= 4 is 11.8 Å². The van der Waals surface area contributed by atoms with Crippen LogP contribution in [0.1, 0.15) is 24.2 Å². The zero-order chi connectivity index (χ0) is 13.8. The van der Waals surface area contributed by atoms with Gasteiger partial charge in [0.25, 0.3) is 5.91 Å². The fourth-order valence-electron chi connectivity index (χ4n) is 2.14. The van der Waals surface area contributed by atoms with Crippen LogP contribution in [0.15, 0.2) is 23.0 Å². The van der Waals surface area contributed by atoms with Crippen molar-refractivity contribution in [2.75, 3.05) is 19.6 Å². The first-order valence-corrected chi connectivity index (χ1v) is 6.43. The van der Waals surface area contributed by atoms with E-state index in [0.717, 1.165) is 6.54 Å². The summed E-state index contributed by atoms with van der Waals surface area (Å²) in [5, 5.41) is 5.96. The SMILES string of the molecule is CC1CN(C(=O)C(C)NC(=O)c2ccoc2)CCN1. The lowest BCUT2D eigenvalue weighted by Gasteiger charge is -2.33. The minimum Gasteiger partial charge on any atom is -0.472 e. The molecule has 19 heavy (non-hydrogen) atoms. The molecule has 1 aliphatic rings. The summed E-state index contributed by atoms with van der Waals surface area (Å²) in [6.07, 6.45) is 2.79. The van der Waals surface area contributed by atoms with E-state index in [0.29, 0.717) is 18.7 Å². The lowest BCUT2D eigenvalue weighted by atomic mass is 10.2. The Morgan fingerprint density at radius 3 is 3.00 bits per heavy atom. The summed E-state index contributed by atoms with van der Waals surface area (Å²) in [5.74, 6) is -0.344. The van der Waals surface area contributed by atoms with E-state index < -0.39 is 6.04 Å². The molecule has 2 heterocycles. The first-order chi connectivity index (χ1) is 9.08. The summed E-state index contributed by atoms with van der Waals surface area (Å²) in [5.41, 5.74) is 0.424. The van der Waals surface area contributed by atoms with E-state index in [1.807, 2.05) is 6.92 Å². The molecular formula is C13H19N3O3. The highest BCUT2D eigenvalue weighted by atomic mass is 16.3. The van der Waals surface area contributed by atoms with Gasteiger partial charge < -0.3 is 20.0 Å². The van der Waals surface area contributed by atoms with Gasteiger partial charge in [0, 0.05) is 25.7 Å². The van der Waals surface area contributed by atoms with Crippen molar-refractivity contribution in [3.05, 3.63) is 24.2 Å². The molecule has 0 spiro atoms. The van der Waals surface area contributed by atoms with Crippen LogP contribution in [0.4, 0.5) is 0 Å². The Morgan fingerprint density at radius 1 is 1.58 bits per heavy atom. The Labute approximate surface area is 112 Å². The molecule has 1 aliphatic heterocycles. The molecule has 0 bridgehead atoms. The van der Waals surface area contributed by atoms with Crippen LogP contribution < -0.4 is 10.6 Å². The number of nitrogens with zero attached hydrogens (tertiary/aromatic N) is 1. The summed E-state index contributed by atoms with van der Waals surface area (Å²) < 4.78 is 4.84. The van der Waals surface area contributed by atoms with E-state index in [1.54, 1.807) is 17.9 Å². The Hall–Kier alpha value is -1.82. The van der Waals surface area contributed by atoms with Gasteiger partial charge in [-0.2, -0.15) is 0 Å². The number of nitrogens with one attached hydrogen (secondary N) is 2. The van der Waals surface area contributed by atoms with Crippen LogP contribution in [0.25, 0.3) is 0 Å². The smallest absolute Gasteiger partial charge is 0.255 e. The van der Waals surface area contributed by atoms with E-state index in [9.17, 15) is 9.59 Å². The highest BCUT2D eigenvalue weighted by molar-refractivity contribution is 5.97. The van der Waals surface area contributed by atoms with E-state index in [1.165, 1.54) is 12.5 Å². The Bertz CT molecular complexity index is 444. The number of rotatable bonds is 3. The molecule has 0 radical (unpaired) electrons. The minimum absolute atomic E-state index is 0.0507. The van der Waals surface area contributed by atoms with Crippen molar-refractivity contribution < 1.29 is 14.0 Å². The number of piperazine rings is 1. The predicted molar refractivity (Wildman–Crippen MR) is 69.7 cm³/mol. The monoisotopic (exact) mass is 265 g/mol. The number of furan rings is 1. The normalized spacial score (nSPS) is 20.9. The maximum atomic E-state index is 12.2. The number of hydrogen-bond acceptors (Lipinski definition) is 4.